The summed E-state index contributed by atoms with van der Waals surface area (Å²) >= 11 is 3.42. The van der Waals surface area contributed by atoms with Gasteiger partial charge in [-0.15, -0.1) is 0 Å². The van der Waals surface area contributed by atoms with Crippen molar-refractivity contribution in [2.75, 3.05) is 6.61 Å². The van der Waals surface area contributed by atoms with Crippen LogP contribution in [0.5, 0.6) is 5.75 Å². The van der Waals surface area contributed by atoms with E-state index < -0.39 is 0 Å². The molecule has 0 spiro atoms. The van der Waals surface area contributed by atoms with Crippen LogP contribution < -0.4 is 5.32 Å². The van der Waals surface area contributed by atoms with Gasteiger partial charge >= 0.3 is 0 Å². The number of aromatic hydroxyl groups is 1. The second kappa shape index (κ2) is 5.59. The van der Waals surface area contributed by atoms with Crippen LogP contribution >= 0.6 is 15.9 Å². The molecule has 1 aliphatic heterocycles. The maximum atomic E-state index is 9.78. The minimum Gasteiger partial charge on any atom is -0.508 e. The van der Waals surface area contributed by atoms with Gasteiger partial charge in [-0.1, -0.05) is 15.9 Å². The highest BCUT2D eigenvalue weighted by molar-refractivity contribution is 9.10. The molecular formula is C14H20BrNO2. The molecule has 0 bridgehead atoms. The molecule has 1 aliphatic rings. The molecule has 3 nitrogen and oxygen atoms in total. The fourth-order valence-corrected chi connectivity index (χ4v) is 2.76. The van der Waals surface area contributed by atoms with E-state index in [0.29, 0.717) is 18.3 Å². The molecule has 1 unspecified atom stereocenters. The van der Waals surface area contributed by atoms with Crippen LogP contribution in [-0.4, -0.2) is 23.4 Å². The topological polar surface area (TPSA) is 41.5 Å². The second-order valence-electron chi connectivity index (χ2n) is 5.45. The van der Waals surface area contributed by atoms with Crippen LogP contribution in [0.3, 0.4) is 0 Å². The molecule has 1 fully saturated rings. The summed E-state index contributed by atoms with van der Waals surface area (Å²) in [6.45, 7) is 5.73. The van der Waals surface area contributed by atoms with Crippen molar-refractivity contribution in [1.29, 1.82) is 0 Å². The normalized spacial score (nSPS) is 22.9. The molecule has 1 heterocycles. The summed E-state index contributed by atoms with van der Waals surface area (Å²) < 4.78 is 6.68. The summed E-state index contributed by atoms with van der Waals surface area (Å²) in [5.41, 5.74) is 0.878. The number of hydrogen-bond acceptors (Lipinski definition) is 3. The maximum absolute atomic E-state index is 9.78. The summed E-state index contributed by atoms with van der Waals surface area (Å²) in [4.78, 5) is 0. The van der Waals surface area contributed by atoms with E-state index in [9.17, 15) is 5.11 Å². The Labute approximate surface area is 117 Å². The van der Waals surface area contributed by atoms with Gasteiger partial charge < -0.3 is 15.2 Å². The molecule has 0 amide bonds. The van der Waals surface area contributed by atoms with E-state index in [0.717, 1.165) is 29.5 Å². The average molecular weight is 314 g/mol. The van der Waals surface area contributed by atoms with Crippen LogP contribution in [-0.2, 0) is 11.3 Å². The highest BCUT2D eigenvalue weighted by atomic mass is 79.9. The Hall–Kier alpha value is -0.580. The molecule has 2 rings (SSSR count). The van der Waals surface area contributed by atoms with Crippen molar-refractivity contribution >= 4 is 15.9 Å². The first-order valence-corrected chi connectivity index (χ1v) is 7.10. The van der Waals surface area contributed by atoms with E-state index >= 15 is 0 Å². The fraction of sp³-hybridized carbons (Fsp3) is 0.571. The first-order chi connectivity index (χ1) is 8.46. The molecule has 0 aromatic heterocycles. The molecular weight excluding hydrogens is 294 g/mol. The number of hydrogen-bond donors (Lipinski definition) is 2. The lowest BCUT2D eigenvalue weighted by molar-refractivity contribution is -0.0630. The van der Waals surface area contributed by atoms with Crippen LogP contribution in [0.1, 0.15) is 32.3 Å². The first kappa shape index (κ1) is 13.8. The Kier molecular flexibility index (Phi) is 4.30. The van der Waals surface area contributed by atoms with Crippen molar-refractivity contribution in [2.24, 2.45) is 0 Å². The van der Waals surface area contributed by atoms with Crippen molar-refractivity contribution in [3.63, 3.8) is 0 Å². The third-order valence-corrected chi connectivity index (χ3v) is 3.81. The SMILES string of the molecule is CC1(C)CC(NCc2cc(Br)ccc2O)CCO1. The molecule has 1 aromatic carbocycles. The predicted octanol–water partition coefficient (Wildman–Crippen LogP) is 3.20. The van der Waals surface area contributed by atoms with E-state index in [1.807, 2.05) is 12.1 Å². The Bertz CT molecular complexity index is 420. The van der Waals surface area contributed by atoms with Crippen molar-refractivity contribution in [1.82, 2.24) is 5.32 Å². The largest absolute Gasteiger partial charge is 0.508 e. The Morgan fingerprint density at radius 2 is 2.28 bits per heavy atom. The van der Waals surface area contributed by atoms with Gasteiger partial charge in [0.05, 0.1) is 5.60 Å². The summed E-state index contributed by atoms with van der Waals surface area (Å²) in [7, 11) is 0. The van der Waals surface area contributed by atoms with Crippen molar-refractivity contribution in [3.8, 4) is 5.75 Å². The molecule has 0 radical (unpaired) electrons. The van der Waals surface area contributed by atoms with Crippen LogP contribution in [0.4, 0.5) is 0 Å². The van der Waals surface area contributed by atoms with E-state index in [1.165, 1.54) is 0 Å². The molecule has 0 aliphatic carbocycles. The summed E-state index contributed by atoms with van der Waals surface area (Å²) in [5.74, 6) is 0.344. The van der Waals surface area contributed by atoms with Gasteiger partial charge in [0.25, 0.3) is 0 Å². The van der Waals surface area contributed by atoms with Gasteiger partial charge in [0.1, 0.15) is 5.75 Å². The van der Waals surface area contributed by atoms with Crippen molar-refractivity contribution in [3.05, 3.63) is 28.2 Å². The van der Waals surface area contributed by atoms with E-state index in [2.05, 4.69) is 35.1 Å². The maximum Gasteiger partial charge on any atom is 0.120 e. The van der Waals surface area contributed by atoms with Crippen LogP contribution in [0.15, 0.2) is 22.7 Å². The lowest BCUT2D eigenvalue weighted by atomic mass is 9.94. The predicted molar refractivity (Wildman–Crippen MR) is 75.7 cm³/mol. The minimum absolute atomic E-state index is 0.0464. The molecule has 1 saturated heterocycles. The summed E-state index contributed by atoms with van der Waals surface area (Å²) in [6, 6.07) is 5.96. The fourth-order valence-electron chi connectivity index (χ4n) is 2.36. The van der Waals surface area contributed by atoms with Crippen LogP contribution in [0, 0.1) is 0 Å². The van der Waals surface area contributed by atoms with Gasteiger partial charge in [-0.2, -0.15) is 0 Å². The third kappa shape index (κ3) is 3.70. The van der Waals surface area contributed by atoms with Gasteiger partial charge in [-0.05, 0) is 44.9 Å². The van der Waals surface area contributed by atoms with Crippen molar-refractivity contribution in [2.45, 2.75) is 44.9 Å². The quantitative estimate of drug-likeness (QED) is 0.900. The third-order valence-electron chi connectivity index (χ3n) is 3.32. The van der Waals surface area contributed by atoms with Crippen LogP contribution in [0.2, 0.25) is 0 Å². The minimum atomic E-state index is -0.0464. The lowest BCUT2D eigenvalue weighted by Gasteiger charge is -2.36. The Balaban J connectivity index is 1.93. The molecule has 100 valence electrons. The second-order valence-corrected chi connectivity index (χ2v) is 6.37. The number of rotatable bonds is 3. The monoisotopic (exact) mass is 313 g/mol. The summed E-state index contributed by atoms with van der Waals surface area (Å²) in [6.07, 6.45) is 2.03. The standard InChI is InChI=1S/C14H20BrNO2/c1-14(2)8-12(5-6-18-14)16-9-10-7-11(15)3-4-13(10)17/h3-4,7,12,16-17H,5-6,8-9H2,1-2H3. The van der Waals surface area contributed by atoms with Gasteiger partial charge in [-0.3, -0.25) is 0 Å². The molecule has 1 atom stereocenters. The average Bonchev–Trinajstić information content (AvgIpc) is 2.29. The number of nitrogens with one attached hydrogen (secondary N) is 1. The first-order valence-electron chi connectivity index (χ1n) is 6.31. The zero-order valence-electron chi connectivity index (χ0n) is 10.9. The molecule has 1 aromatic rings. The van der Waals surface area contributed by atoms with Gasteiger partial charge in [-0.25, -0.2) is 0 Å². The highest BCUT2D eigenvalue weighted by Gasteiger charge is 2.28. The number of ether oxygens (including phenoxy) is 1. The van der Waals surface area contributed by atoms with E-state index in [1.54, 1.807) is 6.07 Å². The van der Waals surface area contributed by atoms with Gasteiger partial charge in [0, 0.05) is 29.2 Å². The number of phenols is 1. The molecule has 2 N–H and O–H groups in total. The number of halogens is 1. The lowest BCUT2D eigenvalue weighted by Crippen LogP contribution is -2.43. The van der Waals surface area contributed by atoms with Crippen molar-refractivity contribution < 1.29 is 9.84 Å². The van der Waals surface area contributed by atoms with E-state index in [4.69, 9.17) is 4.74 Å². The number of phenolic OH excluding ortho intramolecular Hbond substituents is 1. The zero-order chi connectivity index (χ0) is 13.2. The molecule has 18 heavy (non-hydrogen) atoms. The Morgan fingerprint density at radius 3 is 3.00 bits per heavy atom. The summed E-state index contributed by atoms with van der Waals surface area (Å²) in [5, 5.41) is 13.3. The molecule has 4 heteroatoms. The smallest absolute Gasteiger partial charge is 0.120 e. The zero-order valence-corrected chi connectivity index (χ0v) is 12.5. The van der Waals surface area contributed by atoms with Gasteiger partial charge in [0.2, 0.25) is 0 Å². The number of benzene rings is 1. The Morgan fingerprint density at radius 1 is 1.50 bits per heavy atom. The van der Waals surface area contributed by atoms with Gasteiger partial charge in [0.15, 0.2) is 0 Å². The van der Waals surface area contributed by atoms with Crippen LogP contribution in [0.25, 0.3) is 0 Å². The highest BCUT2D eigenvalue weighted by Crippen LogP contribution is 2.25. The molecule has 0 saturated carbocycles. The van der Waals surface area contributed by atoms with E-state index in [-0.39, 0.29) is 5.60 Å².